The molecule has 7 aromatic rings. The zero-order valence-corrected chi connectivity index (χ0v) is 36.6. The molecule has 334 valence electrons. The smallest absolute Gasteiger partial charge is 0.407 e. The molecule has 14 heteroatoms. The van der Waals surface area contributed by atoms with Gasteiger partial charge in [0.2, 0.25) is 0 Å². The number of carbonyl (C=O) groups excluding carboxylic acids is 4. The number of amides is 4. The van der Waals surface area contributed by atoms with Gasteiger partial charge in [0.05, 0.1) is 56.1 Å². The molecule has 2 fully saturated rings. The van der Waals surface area contributed by atoms with Gasteiger partial charge in [0.15, 0.2) is 0 Å². The second-order valence-corrected chi connectivity index (χ2v) is 16.4. The summed E-state index contributed by atoms with van der Waals surface area (Å²) in [5, 5.41) is 5.50. The van der Waals surface area contributed by atoms with Crippen molar-refractivity contribution < 1.29 is 28.7 Å². The summed E-state index contributed by atoms with van der Waals surface area (Å²) in [7, 11) is 2.56. The topological polar surface area (TPSA) is 175 Å². The molecular formula is C52H50N8O6. The predicted molar refractivity (Wildman–Crippen MR) is 248 cm³/mol. The van der Waals surface area contributed by atoms with Crippen molar-refractivity contribution in [3.8, 4) is 33.6 Å². The largest absolute Gasteiger partial charge is 0.453 e. The van der Waals surface area contributed by atoms with Crippen LogP contribution in [0.1, 0.15) is 84.2 Å². The van der Waals surface area contributed by atoms with Crippen molar-refractivity contribution in [1.29, 1.82) is 0 Å². The van der Waals surface area contributed by atoms with Gasteiger partial charge in [-0.25, -0.2) is 19.6 Å². The molecule has 9 rings (SSSR count). The zero-order valence-electron chi connectivity index (χ0n) is 36.6. The molecule has 2 aromatic heterocycles. The molecule has 4 heterocycles. The fraction of sp³-hybridized carbons (Fsp3) is 0.231. The van der Waals surface area contributed by atoms with E-state index in [1.165, 1.54) is 14.2 Å². The van der Waals surface area contributed by atoms with Gasteiger partial charge in [-0.3, -0.25) is 9.59 Å². The van der Waals surface area contributed by atoms with Crippen LogP contribution in [0.25, 0.3) is 33.6 Å². The van der Waals surface area contributed by atoms with E-state index in [1.807, 2.05) is 108 Å². The number of nitrogens with one attached hydrogen (secondary N) is 4. The second-order valence-electron chi connectivity index (χ2n) is 16.4. The lowest BCUT2D eigenvalue weighted by molar-refractivity contribution is -0.137. The van der Waals surface area contributed by atoms with E-state index in [1.54, 1.807) is 17.3 Å². The monoisotopic (exact) mass is 882 g/mol. The number of carbonyl (C=O) groups is 4. The standard InChI is InChI=1S/C52H50N8O6/c1-65-51(63)57-45(38-15-8-4-9-16-38)49(61)59-30-12-19-43(59)47-53-31-40(55-47)35-24-20-33(21-25-35)34-22-26-36(27-23-34)41-32-54-48(56-41)44-29-28-42(37-13-6-3-7-14-37)60(44)50(62)46(58-52(64)66-2)39-17-10-5-11-18-39/h3-11,13-18,20-27,31-32,42-46H,12,19,28-30H2,1-2H3,(H,53,55)(H,54,56)(H,57,63)(H,58,64)/t42?,43-,44+,45-,46-/m1/s1. The predicted octanol–water partition coefficient (Wildman–Crippen LogP) is 9.40. The summed E-state index contributed by atoms with van der Waals surface area (Å²) < 4.78 is 9.78. The molecule has 0 bridgehead atoms. The number of aromatic amines is 2. The second kappa shape index (κ2) is 19.4. The van der Waals surface area contributed by atoms with Gasteiger partial charge in [0.1, 0.15) is 23.7 Å². The Morgan fingerprint density at radius 2 is 0.985 bits per heavy atom. The van der Waals surface area contributed by atoms with Crippen molar-refractivity contribution in [3.05, 3.63) is 180 Å². The SMILES string of the molecule is COC(=O)N[C@@H](C(=O)N1CCC[C@@H]1c1ncc(-c2ccc(-c3ccc(-c4cnc([C@@H]5CCC(c6ccccc6)N5C(=O)[C@H](NC(=O)OC)c5ccccc5)[nH]4)cc3)cc2)[nH]1)c1ccccc1. The van der Waals surface area contributed by atoms with Crippen LogP contribution in [0.3, 0.4) is 0 Å². The number of hydrogen-bond acceptors (Lipinski definition) is 8. The molecule has 2 saturated heterocycles. The van der Waals surface area contributed by atoms with Crippen molar-refractivity contribution in [3.63, 3.8) is 0 Å². The number of methoxy groups -OCH3 is 2. The van der Waals surface area contributed by atoms with Gasteiger partial charge in [0.25, 0.3) is 11.8 Å². The lowest BCUT2D eigenvalue weighted by Gasteiger charge is -2.33. The number of H-pyrrole nitrogens is 2. The van der Waals surface area contributed by atoms with E-state index in [-0.39, 0.29) is 29.9 Å². The van der Waals surface area contributed by atoms with Crippen LogP contribution in [-0.2, 0) is 19.1 Å². The summed E-state index contributed by atoms with van der Waals surface area (Å²) in [6.07, 6.45) is 5.18. The Morgan fingerprint density at radius 1 is 0.545 bits per heavy atom. The lowest BCUT2D eigenvalue weighted by Crippen LogP contribution is -2.43. The third kappa shape index (κ3) is 9.03. The quantitative estimate of drug-likeness (QED) is 0.0939. The molecule has 1 unspecified atom stereocenters. The maximum Gasteiger partial charge on any atom is 0.407 e. The van der Waals surface area contributed by atoms with Crippen molar-refractivity contribution in [2.24, 2.45) is 0 Å². The van der Waals surface area contributed by atoms with Crippen molar-refractivity contribution in [2.75, 3.05) is 20.8 Å². The molecule has 66 heavy (non-hydrogen) atoms. The van der Waals surface area contributed by atoms with E-state index >= 15 is 0 Å². The van der Waals surface area contributed by atoms with Crippen LogP contribution in [0, 0.1) is 0 Å². The summed E-state index contributed by atoms with van der Waals surface area (Å²) in [5.74, 6) is 0.892. The number of rotatable bonds is 12. The Labute approximate surface area is 382 Å². The molecule has 0 saturated carbocycles. The molecule has 0 spiro atoms. The van der Waals surface area contributed by atoms with Gasteiger partial charge in [-0.15, -0.1) is 0 Å². The number of imidazole rings is 2. The Kier molecular flexibility index (Phi) is 12.7. The molecule has 5 atom stereocenters. The lowest BCUT2D eigenvalue weighted by atomic mass is 10.0. The number of hydrogen-bond donors (Lipinski definition) is 4. The van der Waals surface area contributed by atoms with Gasteiger partial charge in [-0.1, -0.05) is 140 Å². The number of ether oxygens (including phenoxy) is 2. The Hall–Kier alpha value is -8.00. The molecule has 4 N–H and O–H groups in total. The molecule has 2 aliphatic heterocycles. The van der Waals surface area contributed by atoms with E-state index in [4.69, 9.17) is 19.4 Å². The van der Waals surface area contributed by atoms with Gasteiger partial charge in [-0.2, -0.15) is 0 Å². The molecule has 2 aliphatic rings. The fourth-order valence-electron chi connectivity index (χ4n) is 9.23. The summed E-state index contributed by atoms with van der Waals surface area (Å²) in [6.45, 7) is 0.545. The first-order valence-corrected chi connectivity index (χ1v) is 22.1. The molecule has 5 aromatic carbocycles. The average Bonchev–Trinajstić information content (AvgIpc) is 4.23. The first-order valence-electron chi connectivity index (χ1n) is 22.1. The highest BCUT2D eigenvalue weighted by Gasteiger charge is 2.43. The summed E-state index contributed by atoms with van der Waals surface area (Å²) in [4.78, 5) is 73.6. The maximum atomic E-state index is 14.7. The first kappa shape index (κ1) is 43.3. The summed E-state index contributed by atoms with van der Waals surface area (Å²) >= 11 is 0. The third-order valence-corrected chi connectivity index (χ3v) is 12.6. The number of benzene rings is 5. The minimum atomic E-state index is -0.962. The highest BCUT2D eigenvalue weighted by molar-refractivity contribution is 5.88. The molecule has 14 nitrogen and oxygen atoms in total. The van der Waals surface area contributed by atoms with Crippen molar-refractivity contribution >= 4 is 24.0 Å². The van der Waals surface area contributed by atoms with Gasteiger partial charge in [-0.05, 0) is 64.6 Å². The highest BCUT2D eigenvalue weighted by Crippen LogP contribution is 2.45. The van der Waals surface area contributed by atoms with Crippen LogP contribution in [0.15, 0.2) is 152 Å². The summed E-state index contributed by atoms with van der Waals surface area (Å²) in [6, 6.07) is 42.1. The Morgan fingerprint density at radius 3 is 1.48 bits per heavy atom. The molecule has 0 radical (unpaired) electrons. The van der Waals surface area contributed by atoms with E-state index < -0.39 is 24.3 Å². The van der Waals surface area contributed by atoms with Crippen LogP contribution in [0.2, 0.25) is 0 Å². The average molecular weight is 883 g/mol. The number of aromatic nitrogens is 4. The summed E-state index contributed by atoms with van der Waals surface area (Å²) in [5.41, 5.74) is 7.96. The van der Waals surface area contributed by atoms with E-state index in [0.717, 1.165) is 58.5 Å². The van der Waals surface area contributed by atoms with Crippen molar-refractivity contribution in [2.45, 2.75) is 55.9 Å². The van der Waals surface area contributed by atoms with Crippen LogP contribution in [0.5, 0.6) is 0 Å². The Balaban J connectivity index is 0.898. The van der Waals surface area contributed by atoms with E-state index in [2.05, 4.69) is 57.0 Å². The Bertz CT molecular complexity index is 2780. The van der Waals surface area contributed by atoms with E-state index in [9.17, 15) is 19.2 Å². The first-order chi connectivity index (χ1) is 32.3. The van der Waals surface area contributed by atoms with Crippen LogP contribution in [-0.4, -0.2) is 74.5 Å². The maximum absolute atomic E-state index is 14.7. The number of nitrogens with zero attached hydrogens (tertiary/aromatic N) is 4. The number of likely N-dealkylation sites (tertiary alicyclic amines) is 2. The van der Waals surface area contributed by atoms with Crippen molar-refractivity contribution in [1.82, 2.24) is 40.4 Å². The third-order valence-electron chi connectivity index (χ3n) is 12.6. The fourth-order valence-corrected chi connectivity index (χ4v) is 9.23. The minimum Gasteiger partial charge on any atom is -0.453 e. The van der Waals surface area contributed by atoms with Gasteiger partial charge >= 0.3 is 12.2 Å². The highest BCUT2D eigenvalue weighted by atomic mass is 16.5. The van der Waals surface area contributed by atoms with E-state index in [0.29, 0.717) is 35.7 Å². The van der Waals surface area contributed by atoms with Crippen LogP contribution in [0.4, 0.5) is 9.59 Å². The van der Waals surface area contributed by atoms with Gasteiger partial charge in [0, 0.05) is 6.54 Å². The molecular weight excluding hydrogens is 833 g/mol. The van der Waals surface area contributed by atoms with Crippen LogP contribution >= 0.6 is 0 Å². The number of alkyl carbamates (subject to hydrolysis) is 2. The normalized spacial score (nSPS) is 17.8. The minimum absolute atomic E-state index is 0.219. The van der Waals surface area contributed by atoms with Crippen LogP contribution < -0.4 is 10.6 Å². The molecule has 0 aliphatic carbocycles. The molecule has 4 amide bonds. The van der Waals surface area contributed by atoms with Gasteiger partial charge < -0.3 is 39.9 Å². The zero-order chi connectivity index (χ0) is 45.6.